The van der Waals surface area contributed by atoms with Gasteiger partial charge in [-0.3, -0.25) is 4.79 Å². The zero-order chi connectivity index (χ0) is 31.3. The predicted molar refractivity (Wildman–Crippen MR) is 176 cm³/mol. The van der Waals surface area contributed by atoms with E-state index in [9.17, 15) is 4.79 Å². The van der Waals surface area contributed by atoms with Crippen LogP contribution in [0, 0.1) is 23.7 Å². The number of hydrogen-bond acceptors (Lipinski definition) is 5. The van der Waals surface area contributed by atoms with Crippen molar-refractivity contribution in [3.63, 3.8) is 0 Å². The Labute approximate surface area is 244 Å². The molecule has 0 amide bonds. The quantitative estimate of drug-likeness (QED) is 0.191. The molecule has 0 spiro atoms. The van der Waals surface area contributed by atoms with Crippen LogP contribution in [0.4, 0.5) is 0 Å². The van der Waals surface area contributed by atoms with Gasteiger partial charge in [0.1, 0.15) is 0 Å². The topological polar surface area (TPSA) is 59.3 Å². The van der Waals surface area contributed by atoms with Crippen LogP contribution in [0.2, 0.25) is 0 Å². The Balaban J connectivity index is -0.0000000594. The SMILES string of the molecule is C#CCC.C=CCC.CC.CCC#N.CCC(=O)OC.CCCOC.CCCSC.CCc1ccccc1. The summed E-state index contributed by atoms with van der Waals surface area (Å²) in [4.78, 5) is 9.96. The van der Waals surface area contributed by atoms with Crippen LogP contribution in [0.1, 0.15) is 106 Å². The minimum Gasteiger partial charge on any atom is -0.469 e. The molecule has 0 unspecified atom stereocenters. The summed E-state index contributed by atoms with van der Waals surface area (Å²) in [7, 11) is 3.09. The fourth-order valence-electron chi connectivity index (χ4n) is 1.27. The van der Waals surface area contributed by atoms with E-state index in [1.165, 1.54) is 24.8 Å². The Morgan fingerprint density at radius 2 is 1.45 bits per heavy atom. The lowest BCUT2D eigenvalue weighted by Gasteiger charge is -1.89. The summed E-state index contributed by atoms with van der Waals surface area (Å²) in [6, 6.07) is 12.4. The zero-order valence-electron chi connectivity index (χ0n) is 27.2. The van der Waals surface area contributed by atoms with Crippen molar-refractivity contribution in [3.05, 3.63) is 48.6 Å². The first kappa shape index (κ1) is 52.3. The lowest BCUT2D eigenvalue weighted by atomic mass is 10.2. The maximum absolute atomic E-state index is 9.96. The summed E-state index contributed by atoms with van der Waals surface area (Å²) < 4.78 is 8.95. The van der Waals surface area contributed by atoms with Gasteiger partial charge >= 0.3 is 5.97 Å². The Kier molecular flexibility index (Phi) is 96.5. The normalized spacial score (nSPS) is 7.21. The van der Waals surface area contributed by atoms with Crippen molar-refractivity contribution < 1.29 is 14.3 Å². The van der Waals surface area contributed by atoms with E-state index in [1.54, 1.807) is 14.0 Å². The molecule has 0 radical (unpaired) electrons. The van der Waals surface area contributed by atoms with Gasteiger partial charge in [-0.05, 0) is 43.3 Å². The molecule has 1 aromatic rings. The highest BCUT2D eigenvalue weighted by atomic mass is 32.2. The molecular weight excluding hydrogens is 490 g/mol. The van der Waals surface area contributed by atoms with Crippen LogP contribution in [0.25, 0.3) is 0 Å². The number of hydrogen-bond donors (Lipinski definition) is 0. The number of methoxy groups -OCH3 is 2. The third-order valence-corrected chi connectivity index (χ3v) is 4.05. The van der Waals surface area contributed by atoms with Crippen LogP contribution in [-0.2, 0) is 20.7 Å². The Hall–Kier alpha value is -2.21. The van der Waals surface area contributed by atoms with E-state index >= 15 is 0 Å². The molecule has 0 aliphatic carbocycles. The van der Waals surface area contributed by atoms with Gasteiger partial charge in [-0.25, -0.2) is 0 Å². The van der Waals surface area contributed by atoms with E-state index in [1.807, 2.05) is 57.7 Å². The molecule has 0 atom stereocenters. The highest BCUT2D eigenvalue weighted by molar-refractivity contribution is 7.98. The van der Waals surface area contributed by atoms with Crippen molar-refractivity contribution in [3.8, 4) is 18.4 Å². The number of ether oxygens (including phenoxy) is 2. The lowest BCUT2D eigenvalue weighted by Crippen LogP contribution is -1.94. The summed E-state index contributed by atoms with van der Waals surface area (Å²) in [5.74, 6) is 3.58. The third kappa shape index (κ3) is 103. The number of benzene rings is 1. The highest BCUT2D eigenvalue weighted by Crippen LogP contribution is 1.96. The second-order valence-electron chi connectivity index (χ2n) is 6.52. The summed E-state index contributed by atoms with van der Waals surface area (Å²) in [5.41, 5.74) is 1.41. The van der Waals surface area contributed by atoms with Crippen molar-refractivity contribution in [2.24, 2.45) is 0 Å². The number of terminal acetylenes is 1. The molecule has 5 heteroatoms. The summed E-state index contributed by atoms with van der Waals surface area (Å²) in [6.45, 7) is 22.4. The minimum absolute atomic E-state index is 0.157. The fraction of sp³-hybridized carbons (Fsp3) is 0.636. The zero-order valence-corrected chi connectivity index (χ0v) is 28.0. The van der Waals surface area contributed by atoms with Gasteiger partial charge in [0.25, 0.3) is 0 Å². The number of nitrogens with zero attached hydrogens (tertiary/aromatic N) is 1. The van der Waals surface area contributed by atoms with Gasteiger partial charge < -0.3 is 9.47 Å². The molecular formula is C33H63NO3S. The van der Waals surface area contributed by atoms with Crippen LogP contribution in [-0.4, -0.2) is 38.8 Å². The van der Waals surface area contributed by atoms with Crippen LogP contribution in [0.3, 0.4) is 0 Å². The van der Waals surface area contributed by atoms with E-state index in [-0.39, 0.29) is 5.97 Å². The molecule has 224 valence electrons. The maximum Gasteiger partial charge on any atom is 0.305 e. The van der Waals surface area contributed by atoms with Gasteiger partial charge in [-0.1, -0.05) is 98.7 Å². The summed E-state index contributed by atoms with van der Waals surface area (Å²) in [5, 5.41) is 7.62. The maximum atomic E-state index is 9.96. The number of aryl methyl sites for hydroxylation is 1. The second kappa shape index (κ2) is 70.2. The van der Waals surface area contributed by atoms with Crippen molar-refractivity contribution in [1.82, 2.24) is 0 Å². The van der Waals surface area contributed by atoms with Crippen molar-refractivity contribution in [2.45, 2.75) is 107 Å². The van der Waals surface area contributed by atoms with Gasteiger partial charge in [-0.15, -0.1) is 18.9 Å². The largest absolute Gasteiger partial charge is 0.469 e. The summed E-state index contributed by atoms with van der Waals surface area (Å²) >= 11 is 1.90. The third-order valence-electron chi connectivity index (χ3n) is 3.23. The first-order valence-corrected chi connectivity index (χ1v) is 15.2. The average Bonchev–Trinajstić information content (AvgIpc) is 3.00. The summed E-state index contributed by atoms with van der Waals surface area (Å²) in [6.07, 6.45) is 15.4. The smallest absolute Gasteiger partial charge is 0.305 e. The molecule has 1 aromatic carbocycles. The first-order valence-electron chi connectivity index (χ1n) is 13.8. The van der Waals surface area contributed by atoms with Crippen molar-refractivity contribution in [1.29, 1.82) is 5.26 Å². The van der Waals surface area contributed by atoms with Crippen LogP contribution in [0.5, 0.6) is 0 Å². The minimum atomic E-state index is -0.157. The molecule has 0 saturated heterocycles. The van der Waals surface area contributed by atoms with Crippen LogP contribution in [0.15, 0.2) is 43.0 Å². The standard InChI is InChI=1S/C8H10.C4H8O2.C4H10O.C4H10S.C4H8.C4H6.C3H5N.C2H6/c1-2-8-6-4-3-5-7-8;1-3-4(5)6-2;2*1-3-4-5-2;2*1-3-4-2;1-2-3-4;1-2/h3-7H,2H2,1H3;3H2,1-2H3;2*3-4H2,1-2H3;3H,1,4H2,2H3;1H,4H2,2H3;2H2,1H3;1-2H3. The van der Waals surface area contributed by atoms with E-state index in [4.69, 9.17) is 16.4 Å². The molecule has 0 fully saturated rings. The number of thioether (sulfide) groups is 1. The van der Waals surface area contributed by atoms with Crippen LogP contribution >= 0.6 is 11.8 Å². The molecule has 0 bridgehead atoms. The Morgan fingerprint density at radius 1 is 1.00 bits per heavy atom. The van der Waals surface area contributed by atoms with E-state index < -0.39 is 0 Å². The van der Waals surface area contributed by atoms with Gasteiger partial charge in [0.05, 0.1) is 13.2 Å². The van der Waals surface area contributed by atoms with Gasteiger partial charge in [-0.2, -0.15) is 17.0 Å². The molecule has 0 aromatic heterocycles. The Morgan fingerprint density at radius 3 is 1.53 bits per heavy atom. The highest BCUT2D eigenvalue weighted by Gasteiger charge is 1.87. The van der Waals surface area contributed by atoms with Crippen LogP contribution < -0.4 is 0 Å². The number of rotatable bonds is 7. The molecule has 0 heterocycles. The molecule has 0 saturated carbocycles. The van der Waals surface area contributed by atoms with Gasteiger partial charge in [0.15, 0.2) is 0 Å². The molecule has 0 N–H and O–H groups in total. The molecule has 0 aliphatic heterocycles. The monoisotopic (exact) mass is 553 g/mol. The van der Waals surface area contributed by atoms with Crippen molar-refractivity contribution in [2.75, 3.05) is 32.8 Å². The molecule has 38 heavy (non-hydrogen) atoms. The number of carbonyl (C=O) groups excluding carboxylic acids is 1. The second-order valence-corrected chi connectivity index (χ2v) is 7.51. The molecule has 1 rings (SSSR count). The molecule has 4 nitrogen and oxygen atoms in total. The van der Waals surface area contributed by atoms with E-state index in [2.05, 4.69) is 75.5 Å². The first-order chi connectivity index (χ1) is 18.3. The predicted octanol–water partition coefficient (Wildman–Crippen LogP) is 10.2. The van der Waals surface area contributed by atoms with Crippen molar-refractivity contribution >= 4 is 17.7 Å². The lowest BCUT2D eigenvalue weighted by molar-refractivity contribution is -0.140. The number of nitriles is 1. The fourth-order valence-corrected chi connectivity index (χ4v) is 1.67. The number of carbonyl (C=O) groups is 1. The van der Waals surface area contributed by atoms with E-state index in [0.29, 0.717) is 12.8 Å². The Bertz CT molecular complexity index is 534. The average molecular weight is 554 g/mol. The number of esters is 1. The molecule has 0 aliphatic rings. The number of allylic oxidation sites excluding steroid dienone is 1. The van der Waals surface area contributed by atoms with E-state index in [0.717, 1.165) is 32.3 Å². The van der Waals surface area contributed by atoms with Gasteiger partial charge in [0, 0.05) is 33.0 Å². The van der Waals surface area contributed by atoms with Gasteiger partial charge in [0.2, 0.25) is 0 Å².